The van der Waals surface area contributed by atoms with Crippen molar-refractivity contribution in [1.82, 2.24) is 5.32 Å². The van der Waals surface area contributed by atoms with Crippen molar-refractivity contribution < 1.29 is 23.1 Å². The van der Waals surface area contributed by atoms with Crippen molar-refractivity contribution in [1.29, 1.82) is 0 Å². The standard InChI is InChI=1S/C26H21FN2O4/c27-20-12-10-18(11-13-20)17-33-23-8-2-1-7-22(23)25(30)28-16-19-5-3-6-21(15-19)29-26(31)24-9-4-14-32-24/h1-15H,16-17H2,(H,28,30)(H,29,31). The molecule has 0 saturated heterocycles. The zero-order chi connectivity index (χ0) is 23.0. The van der Waals surface area contributed by atoms with Gasteiger partial charge in [0.25, 0.3) is 11.8 Å². The number of amides is 2. The molecule has 0 radical (unpaired) electrons. The molecule has 166 valence electrons. The van der Waals surface area contributed by atoms with Gasteiger partial charge in [-0.25, -0.2) is 4.39 Å². The molecule has 0 saturated carbocycles. The minimum absolute atomic E-state index is 0.210. The Morgan fingerprint density at radius 2 is 1.67 bits per heavy atom. The Labute approximate surface area is 190 Å². The summed E-state index contributed by atoms with van der Waals surface area (Å²) in [4.78, 5) is 24.9. The molecule has 0 bridgehead atoms. The molecule has 0 aliphatic rings. The van der Waals surface area contributed by atoms with Crippen molar-refractivity contribution >= 4 is 17.5 Å². The van der Waals surface area contributed by atoms with E-state index in [-0.39, 0.29) is 36.5 Å². The van der Waals surface area contributed by atoms with E-state index in [9.17, 15) is 14.0 Å². The van der Waals surface area contributed by atoms with Gasteiger partial charge in [-0.2, -0.15) is 0 Å². The molecule has 2 N–H and O–H groups in total. The summed E-state index contributed by atoms with van der Waals surface area (Å²) in [6.45, 7) is 0.470. The van der Waals surface area contributed by atoms with Crippen molar-refractivity contribution in [3.05, 3.63) is 119 Å². The zero-order valence-corrected chi connectivity index (χ0v) is 17.6. The summed E-state index contributed by atoms with van der Waals surface area (Å²) < 4.78 is 24.0. The molecule has 0 atom stereocenters. The molecule has 7 heteroatoms. The lowest BCUT2D eigenvalue weighted by Crippen LogP contribution is -2.23. The first-order valence-corrected chi connectivity index (χ1v) is 10.3. The normalized spacial score (nSPS) is 10.5. The molecular formula is C26H21FN2O4. The van der Waals surface area contributed by atoms with Gasteiger partial charge in [0, 0.05) is 12.2 Å². The third kappa shape index (κ3) is 5.86. The molecule has 0 aliphatic heterocycles. The first-order valence-electron chi connectivity index (χ1n) is 10.3. The van der Waals surface area contributed by atoms with Gasteiger partial charge in [0.15, 0.2) is 5.76 Å². The second-order valence-corrected chi connectivity index (χ2v) is 7.23. The second-order valence-electron chi connectivity index (χ2n) is 7.23. The van der Waals surface area contributed by atoms with Gasteiger partial charge in [0.05, 0.1) is 11.8 Å². The topological polar surface area (TPSA) is 80.6 Å². The smallest absolute Gasteiger partial charge is 0.291 e. The summed E-state index contributed by atoms with van der Waals surface area (Å²) in [5, 5.41) is 5.63. The van der Waals surface area contributed by atoms with Gasteiger partial charge in [-0.15, -0.1) is 0 Å². The average molecular weight is 444 g/mol. The van der Waals surface area contributed by atoms with Crippen molar-refractivity contribution in [3.8, 4) is 5.75 Å². The number of furan rings is 1. The van der Waals surface area contributed by atoms with Crippen molar-refractivity contribution in [2.45, 2.75) is 13.2 Å². The fourth-order valence-electron chi connectivity index (χ4n) is 3.16. The van der Waals surface area contributed by atoms with Gasteiger partial charge in [-0.05, 0) is 59.7 Å². The van der Waals surface area contributed by atoms with Crippen LogP contribution in [-0.4, -0.2) is 11.8 Å². The van der Waals surface area contributed by atoms with E-state index < -0.39 is 0 Å². The summed E-state index contributed by atoms with van der Waals surface area (Å²) in [5.41, 5.74) is 2.58. The molecular weight excluding hydrogens is 423 g/mol. The summed E-state index contributed by atoms with van der Waals surface area (Å²) in [7, 11) is 0. The van der Waals surface area contributed by atoms with Crippen LogP contribution in [0.25, 0.3) is 0 Å². The summed E-state index contributed by atoms with van der Waals surface area (Å²) in [6, 6.07) is 23.3. The maximum atomic E-state index is 13.1. The van der Waals surface area contributed by atoms with Crippen LogP contribution < -0.4 is 15.4 Å². The first kappa shape index (κ1) is 21.8. The molecule has 3 aromatic carbocycles. The minimum Gasteiger partial charge on any atom is -0.488 e. The average Bonchev–Trinajstić information content (AvgIpc) is 3.38. The van der Waals surface area contributed by atoms with E-state index in [1.165, 1.54) is 18.4 Å². The quantitative estimate of drug-likeness (QED) is 0.392. The lowest BCUT2D eigenvalue weighted by Gasteiger charge is -2.12. The summed E-state index contributed by atoms with van der Waals surface area (Å²) in [6.07, 6.45) is 1.43. The molecule has 1 heterocycles. The largest absolute Gasteiger partial charge is 0.488 e. The Morgan fingerprint density at radius 1 is 0.848 bits per heavy atom. The minimum atomic E-state index is -0.353. The van der Waals surface area contributed by atoms with Crippen LogP contribution in [0.3, 0.4) is 0 Å². The van der Waals surface area contributed by atoms with E-state index in [4.69, 9.17) is 9.15 Å². The van der Waals surface area contributed by atoms with E-state index in [0.717, 1.165) is 11.1 Å². The number of anilines is 1. The number of rotatable bonds is 8. The lowest BCUT2D eigenvalue weighted by atomic mass is 10.1. The van der Waals surface area contributed by atoms with Crippen LogP contribution in [-0.2, 0) is 13.2 Å². The van der Waals surface area contributed by atoms with Gasteiger partial charge in [0.2, 0.25) is 0 Å². The molecule has 1 aromatic heterocycles. The van der Waals surface area contributed by atoms with Crippen LogP contribution >= 0.6 is 0 Å². The van der Waals surface area contributed by atoms with Gasteiger partial charge in [-0.3, -0.25) is 9.59 Å². The molecule has 33 heavy (non-hydrogen) atoms. The number of carbonyl (C=O) groups excluding carboxylic acids is 2. The van der Waals surface area contributed by atoms with E-state index in [2.05, 4.69) is 10.6 Å². The molecule has 4 aromatic rings. The molecule has 0 fully saturated rings. The maximum absolute atomic E-state index is 13.1. The van der Waals surface area contributed by atoms with Gasteiger partial charge >= 0.3 is 0 Å². The number of para-hydroxylation sites is 1. The molecule has 4 rings (SSSR count). The highest BCUT2D eigenvalue weighted by atomic mass is 19.1. The Morgan fingerprint density at radius 3 is 2.45 bits per heavy atom. The number of ether oxygens (including phenoxy) is 1. The summed E-state index contributed by atoms with van der Waals surface area (Å²) in [5.74, 6) is -0.323. The molecule has 2 amide bonds. The molecule has 0 aliphatic carbocycles. The number of hydrogen-bond acceptors (Lipinski definition) is 4. The van der Waals surface area contributed by atoms with Crippen LogP contribution in [0.1, 0.15) is 32.0 Å². The van der Waals surface area contributed by atoms with Crippen molar-refractivity contribution in [2.24, 2.45) is 0 Å². The van der Waals surface area contributed by atoms with Crippen LogP contribution in [0, 0.1) is 5.82 Å². The van der Waals surface area contributed by atoms with E-state index in [0.29, 0.717) is 17.0 Å². The predicted octanol–water partition coefficient (Wildman–Crippen LogP) is 5.18. The third-order valence-corrected chi connectivity index (χ3v) is 4.82. The SMILES string of the molecule is O=C(Nc1cccc(CNC(=O)c2ccccc2OCc2ccc(F)cc2)c1)c1ccco1. The van der Waals surface area contributed by atoms with Crippen molar-refractivity contribution in [3.63, 3.8) is 0 Å². The Kier molecular flexibility index (Phi) is 6.80. The number of hydrogen-bond donors (Lipinski definition) is 2. The summed E-state index contributed by atoms with van der Waals surface area (Å²) >= 11 is 0. The third-order valence-electron chi connectivity index (χ3n) is 4.82. The van der Waals surface area contributed by atoms with Crippen LogP contribution in [0.15, 0.2) is 95.6 Å². The lowest BCUT2D eigenvalue weighted by molar-refractivity contribution is 0.0945. The van der Waals surface area contributed by atoms with E-state index >= 15 is 0 Å². The van der Waals surface area contributed by atoms with Gasteiger partial charge in [0.1, 0.15) is 18.2 Å². The van der Waals surface area contributed by atoms with Crippen LogP contribution in [0.2, 0.25) is 0 Å². The van der Waals surface area contributed by atoms with Crippen LogP contribution in [0.5, 0.6) is 5.75 Å². The number of nitrogens with one attached hydrogen (secondary N) is 2. The highest BCUT2D eigenvalue weighted by molar-refractivity contribution is 6.02. The zero-order valence-electron chi connectivity index (χ0n) is 17.6. The fraction of sp³-hybridized carbons (Fsp3) is 0.0769. The number of benzene rings is 3. The second kappa shape index (κ2) is 10.3. The highest BCUT2D eigenvalue weighted by Crippen LogP contribution is 2.20. The highest BCUT2D eigenvalue weighted by Gasteiger charge is 2.13. The number of halogens is 1. The Hall–Kier alpha value is -4.39. The van der Waals surface area contributed by atoms with Gasteiger partial charge in [-0.1, -0.05) is 36.4 Å². The first-order chi connectivity index (χ1) is 16.1. The fourth-order valence-corrected chi connectivity index (χ4v) is 3.16. The molecule has 0 unspecified atom stereocenters. The Balaban J connectivity index is 1.37. The molecule has 6 nitrogen and oxygen atoms in total. The Bertz CT molecular complexity index is 1240. The maximum Gasteiger partial charge on any atom is 0.291 e. The molecule has 0 spiro atoms. The van der Waals surface area contributed by atoms with Crippen LogP contribution in [0.4, 0.5) is 10.1 Å². The monoisotopic (exact) mass is 444 g/mol. The van der Waals surface area contributed by atoms with Crippen molar-refractivity contribution in [2.75, 3.05) is 5.32 Å². The van der Waals surface area contributed by atoms with E-state index in [1.54, 1.807) is 66.7 Å². The van der Waals surface area contributed by atoms with Gasteiger partial charge < -0.3 is 19.8 Å². The number of carbonyl (C=O) groups is 2. The predicted molar refractivity (Wildman–Crippen MR) is 121 cm³/mol. The van der Waals surface area contributed by atoms with E-state index in [1.807, 2.05) is 6.07 Å².